The van der Waals surface area contributed by atoms with Gasteiger partial charge in [-0.05, 0) is 30.5 Å². The number of carbonyl (C=O) groups excluding carboxylic acids is 1. The summed E-state index contributed by atoms with van der Waals surface area (Å²) < 4.78 is 26.2. The van der Waals surface area contributed by atoms with Gasteiger partial charge < -0.3 is 0 Å². The van der Waals surface area contributed by atoms with Crippen LogP contribution in [0.25, 0.3) is 0 Å². The van der Waals surface area contributed by atoms with Gasteiger partial charge in [0.05, 0.1) is 4.90 Å². The minimum absolute atomic E-state index is 0.0686. The molecular formula is C20H18O3S2. The Morgan fingerprint density at radius 1 is 0.960 bits per heavy atom. The Morgan fingerprint density at radius 3 is 2.24 bits per heavy atom. The van der Waals surface area contributed by atoms with Gasteiger partial charge in [-0.2, -0.15) is 0 Å². The molecule has 2 aromatic carbocycles. The highest BCUT2D eigenvalue weighted by Gasteiger charge is 2.32. The van der Waals surface area contributed by atoms with Crippen molar-refractivity contribution >= 4 is 27.0 Å². The molecule has 0 aliphatic rings. The summed E-state index contributed by atoms with van der Waals surface area (Å²) in [5.74, 6) is -0.169. The first-order valence-corrected chi connectivity index (χ1v) is 10.3. The minimum Gasteiger partial charge on any atom is -0.294 e. The Labute approximate surface area is 151 Å². The molecule has 128 valence electrons. The van der Waals surface area contributed by atoms with Gasteiger partial charge >= 0.3 is 0 Å². The number of rotatable bonds is 6. The number of aryl methyl sites for hydroxylation is 1. The molecule has 1 aromatic heterocycles. The van der Waals surface area contributed by atoms with Gasteiger partial charge in [-0.3, -0.25) is 4.79 Å². The van der Waals surface area contributed by atoms with E-state index in [1.807, 2.05) is 30.5 Å². The van der Waals surface area contributed by atoms with Crippen molar-refractivity contribution in [2.75, 3.05) is 0 Å². The Hall–Kier alpha value is -2.24. The first kappa shape index (κ1) is 17.6. The number of thiophene rings is 1. The second-order valence-corrected chi connectivity index (χ2v) is 8.97. The van der Waals surface area contributed by atoms with E-state index < -0.39 is 15.1 Å². The van der Waals surface area contributed by atoms with Crippen LogP contribution in [0.3, 0.4) is 0 Å². The van der Waals surface area contributed by atoms with Crippen LogP contribution in [0.2, 0.25) is 0 Å². The Balaban J connectivity index is 1.96. The molecule has 0 unspecified atom stereocenters. The number of Topliss-reactive ketones (excluding diaryl/α,β-unsaturated/α-hetero) is 1. The van der Waals surface area contributed by atoms with Crippen LogP contribution in [-0.4, -0.2) is 14.2 Å². The molecule has 1 atom stereocenters. The number of hydrogen-bond donors (Lipinski definition) is 0. The maximum Gasteiger partial charge on any atom is 0.186 e. The topological polar surface area (TPSA) is 51.2 Å². The van der Waals surface area contributed by atoms with Gasteiger partial charge in [0.1, 0.15) is 5.25 Å². The predicted octanol–water partition coefficient (Wildman–Crippen LogP) is 4.84. The molecular weight excluding hydrogens is 352 g/mol. The normalized spacial score (nSPS) is 12.7. The fraction of sp³-hybridized carbons (Fsp3) is 0.150. The second-order valence-electron chi connectivity index (χ2n) is 5.86. The lowest BCUT2D eigenvalue weighted by Crippen LogP contribution is -2.17. The average Bonchev–Trinajstić information content (AvgIpc) is 3.15. The van der Waals surface area contributed by atoms with Gasteiger partial charge in [-0.15, -0.1) is 11.3 Å². The van der Waals surface area contributed by atoms with Crippen LogP contribution < -0.4 is 0 Å². The second kappa shape index (κ2) is 7.33. The molecule has 3 nitrogen and oxygen atoms in total. The van der Waals surface area contributed by atoms with Crippen molar-refractivity contribution in [2.45, 2.75) is 23.5 Å². The summed E-state index contributed by atoms with van der Waals surface area (Å²) in [5, 5.41) is 0.961. The highest BCUT2D eigenvalue weighted by Crippen LogP contribution is 2.35. The van der Waals surface area contributed by atoms with Crippen molar-refractivity contribution in [2.24, 2.45) is 0 Å². The van der Waals surface area contributed by atoms with Crippen LogP contribution in [0, 0.1) is 6.92 Å². The maximum atomic E-state index is 13.1. The molecule has 5 heteroatoms. The van der Waals surface area contributed by atoms with Gasteiger partial charge in [-0.25, -0.2) is 8.42 Å². The first-order valence-electron chi connectivity index (χ1n) is 7.90. The number of hydrogen-bond acceptors (Lipinski definition) is 4. The Bertz CT molecular complexity index is 942. The molecule has 0 aliphatic carbocycles. The molecule has 1 heterocycles. The highest BCUT2D eigenvalue weighted by molar-refractivity contribution is 7.91. The Morgan fingerprint density at radius 2 is 1.64 bits per heavy atom. The highest BCUT2D eigenvalue weighted by atomic mass is 32.2. The average molecular weight is 370 g/mol. The van der Waals surface area contributed by atoms with Crippen molar-refractivity contribution in [3.05, 3.63) is 88.1 Å². The van der Waals surface area contributed by atoms with E-state index in [9.17, 15) is 13.2 Å². The quantitative estimate of drug-likeness (QED) is 0.583. The number of carbonyl (C=O) groups is 1. The molecule has 3 rings (SSSR count). The van der Waals surface area contributed by atoms with Crippen LogP contribution in [0.1, 0.15) is 32.5 Å². The molecule has 0 fully saturated rings. The zero-order valence-electron chi connectivity index (χ0n) is 13.8. The summed E-state index contributed by atoms with van der Waals surface area (Å²) in [5.41, 5.74) is 1.60. The molecule has 3 aromatic rings. The maximum absolute atomic E-state index is 13.1. The third kappa shape index (κ3) is 3.89. The number of sulfone groups is 1. The molecule has 0 radical (unpaired) electrons. The molecule has 0 saturated heterocycles. The first-order chi connectivity index (χ1) is 12.0. The third-order valence-corrected chi connectivity index (χ3v) is 7.29. The van der Waals surface area contributed by atoms with E-state index in [0.717, 1.165) is 5.56 Å². The molecule has 0 N–H and O–H groups in total. The largest absolute Gasteiger partial charge is 0.294 e. The summed E-state index contributed by atoms with van der Waals surface area (Å²) >= 11 is 1.36. The van der Waals surface area contributed by atoms with Gasteiger partial charge in [-0.1, -0.05) is 54.1 Å². The van der Waals surface area contributed by atoms with E-state index in [-0.39, 0.29) is 17.1 Å². The lowest BCUT2D eigenvalue weighted by Gasteiger charge is -2.16. The standard InChI is InChI=1S/C20H18O3S2/c1-15-9-11-16(12-10-15)18(21)14-20(19-8-5-13-24-19)25(22,23)17-6-3-2-4-7-17/h2-13,20H,14H2,1H3/t20-/m1/s1. The summed E-state index contributed by atoms with van der Waals surface area (Å²) in [6.07, 6.45) is -0.0686. The SMILES string of the molecule is Cc1ccc(C(=O)C[C@H](c2cccs2)S(=O)(=O)c2ccccc2)cc1. The summed E-state index contributed by atoms with van der Waals surface area (Å²) in [4.78, 5) is 13.6. The number of benzene rings is 2. The van der Waals surface area contributed by atoms with Crippen molar-refractivity contribution in [3.63, 3.8) is 0 Å². The van der Waals surface area contributed by atoms with Crippen LogP contribution in [0.5, 0.6) is 0 Å². The van der Waals surface area contributed by atoms with Crippen molar-refractivity contribution in [1.82, 2.24) is 0 Å². The minimum atomic E-state index is -3.65. The van der Waals surface area contributed by atoms with Crippen LogP contribution in [0.15, 0.2) is 77.0 Å². The molecule has 0 saturated carbocycles. The number of ketones is 1. The van der Waals surface area contributed by atoms with Crippen LogP contribution >= 0.6 is 11.3 Å². The van der Waals surface area contributed by atoms with Crippen LogP contribution in [0.4, 0.5) is 0 Å². The third-order valence-electron chi connectivity index (χ3n) is 4.05. The van der Waals surface area contributed by atoms with E-state index in [2.05, 4.69) is 0 Å². The van der Waals surface area contributed by atoms with Gasteiger partial charge in [0.2, 0.25) is 0 Å². The van der Waals surface area contributed by atoms with E-state index in [1.54, 1.807) is 48.5 Å². The summed E-state index contributed by atoms with van der Waals surface area (Å²) in [7, 11) is -3.65. The van der Waals surface area contributed by atoms with Gasteiger partial charge in [0, 0.05) is 16.9 Å². The Kier molecular flexibility index (Phi) is 5.16. The van der Waals surface area contributed by atoms with Crippen molar-refractivity contribution in [3.8, 4) is 0 Å². The zero-order chi connectivity index (χ0) is 17.9. The molecule has 0 spiro atoms. The van der Waals surface area contributed by atoms with E-state index in [4.69, 9.17) is 0 Å². The van der Waals surface area contributed by atoms with E-state index in [0.29, 0.717) is 10.4 Å². The fourth-order valence-electron chi connectivity index (χ4n) is 2.64. The monoisotopic (exact) mass is 370 g/mol. The molecule has 0 bridgehead atoms. The lowest BCUT2D eigenvalue weighted by molar-refractivity contribution is 0.0981. The predicted molar refractivity (Wildman–Crippen MR) is 101 cm³/mol. The van der Waals surface area contributed by atoms with E-state index in [1.165, 1.54) is 11.3 Å². The smallest absolute Gasteiger partial charge is 0.186 e. The fourth-order valence-corrected chi connectivity index (χ4v) is 5.51. The van der Waals surface area contributed by atoms with Crippen molar-refractivity contribution < 1.29 is 13.2 Å². The molecule has 25 heavy (non-hydrogen) atoms. The lowest BCUT2D eigenvalue weighted by atomic mass is 10.0. The molecule has 0 aliphatic heterocycles. The zero-order valence-corrected chi connectivity index (χ0v) is 15.4. The van der Waals surface area contributed by atoms with Gasteiger partial charge in [0.25, 0.3) is 0 Å². The van der Waals surface area contributed by atoms with Gasteiger partial charge in [0.15, 0.2) is 15.6 Å². The summed E-state index contributed by atoms with van der Waals surface area (Å²) in [6.45, 7) is 1.95. The molecule has 0 amide bonds. The van der Waals surface area contributed by atoms with Crippen molar-refractivity contribution in [1.29, 1.82) is 0 Å². The van der Waals surface area contributed by atoms with Crippen LogP contribution in [-0.2, 0) is 9.84 Å². The van der Waals surface area contributed by atoms with E-state index >= 15 is 0 Å². The summed E-state index contributed by atoms with van der Waals surface area (Å²) in [6, 6.07) is 19.1.